The molecule has 0 unspecified atom stereocenters. The molecule has 3 aromatic carbocycles. The number of nitrogens with one attached hydrogen (secondary N) is 2. The Balaban J connectivity index is 1.20. The van der Waals surface area contributed by atoms with Gasteiger partial charge < -0.3 is 15.0 Å². The summed E-state index contributed by atoms with van der Waals surface area (Å²) in [6.45, 7) is 2.29. The van der Waals surface area contributed by atoms with E-state index >= 15 is 0 Å². The Morgan fingerprint density at radius 1 is 0.931 bits per heavy atom. The highest BCUT2D eigenvalue weighted by Gasteiger charge is 2.02. The van der Waals surface area contributed by atoms with E-state index in [-0.39, 0.29) is 0 Å². The van der Waals surface area contributed by atoms with Gasteiger partial charge in [-0.05, 0) is 60.5 Å². The van der Waals surface area contributed by atoms with E-state index in [1.54, 1.807) is 0 Å². The first kappa shape index (κ1) is 19.5. The lowest BCUT2D eigenvalue weighted by molar-refractivity contribution is 0.306. The minimum atomic E-state index is 0.533. The molecule has 0 radical (unpaired) electrons. The summed E-state index contributed by atoms with van der Waals surface area (Å²) in [7, 11) is 0. The molecule has 0 bridgehead atoms. The minimum Gasteiger partial charge on any atom is -0.489 e. The van der Waals surface area contributed by atoms with Crippen molar-refractivity contribution < 1.29 is 4.74 Å². The Bertz CT molecular complexity index is 1030. The average molecular weight is 406 g/mol. The molecule has 0 saturated carbocycles. The Labute approximate surface area is 175 Å². The van der Waals surface area contributed by atoms with Gasteiger partial charge in [-0.2, -0.15) is 0 Å². The van der Waals surface area contributed by atoms with E-state index in [4.69, 9.17) is 16.3 Å². The number of aryl methyl sites for hydroxylation is 1. The second kappa shape index (κ2) is 9.59. The van der Waals surface area contributed by atoms with Gasteiger partial charge in [-0.25, -0.2) is 4.98 Å². The number of imidazole rings is 1. The number of ether oxygens (including phenoxy) is 1. The molecular formula is C24H24ClN3O. The molecule has 2 N–H and O–H groups in total. The summed E-state index contributed by atoms with van der Waals surface area (Å²) in [5, 5.41) is 4.24. The van der Waals surface area contributed by atoms with Crippen LogP contribution in [0.15, 0.2) is 72.8 Å². The van der Waals surface area contributed by atoms with Crippen LogP contribution in [0.4, 0.5) is 0 Å². The topological polar surface area (TPSA) is 49.9 Å². The van der Waals surface area contributed by atoms with Gasteiger partial charge in [0.25, 0.3) is 0 Å². The Kier molecular flexibility index (Phi) is 6.45. The number of H-pyrrole nitrogens is 1. The van der Waals surface area contributed by atoms with E-state index in [1.165, 1.54) is 5.56 Å². The van der Waals surface area contributed by atoms with Crippen LogP contribution >= 0.6 is 11.6 Å². The quantitative estimate of drug-likeness (QED) is 0.360. The van der Waals surface area contributed by atoms with Crippen LogP contribution in [-0.4, -0.2) is 16.5 Å². The molecule has 4 rings (SSSR count). The summed E-state index contributed by atoms with van der Waals surface area (Å²) in [5.41, 5.74) is 4.45. The van der Waals surface area contributed by atoms with Crippen LogP contribution in [-0.2, 0) is 19.6 Å². The summed E-state index contributed by atoms with van der Waals surface area (Å²) in [4.78, 5) is 8.00. The number of hydrogen-bond donors (Lipinski definition) is 2. The first-order chi connectivity index (χ1) is 14.3. The second-order valence-corrected chi connectivity index (χ2v) is 7.48. The van der Waals surface area contributed by atoms with Gasteiger partial charge >= 0.3 is 0 Å². The number of benzene rings is 3. The van der Waals surface area contributed by atoms with Gasteiger partial charge in [0.1, 0.15) is 18.2 Å². The largest absolute Gasteiger partial charge is 0.489 e. The zero-order valence-corrected chi connectivity index (χ0v) is 17.0. The van der Waals surface area contributed by atoms with Crippen molar-refractivity contribution >= 4 is 22.6 Å². The van der Waals surface area contributed by atoms with Crippen molar-refractivity contribution in [3.8, 4) is 5.75 Å². The molecule has 0 aliphatic rings. The van der Waals surface area contributed by atoms with E-state index in [0.29, 0.717) is 6.61 Å². The molecule has 0 aliphatic heterocycles. The SMILES string of the molecule is Clc1ccc(COc2cccc(CNCCCc3nc4ccccc4[nH]3)c2)cc1. The molecular weight excluding hydrogens is 382 g/mol. The van der Waals surface area contributed by atoms with Gasteiger partial charge in [-0.3, -0.25) is 0 Å². The molecule has 0 amide bonds. The summed E-state index contributed by atoms with van der Waals surface area (Å²) in [6.07, 6.45) is 1.97. The molecule has 4 nitrogen and oxygen atoms in total. The zero-order valence-electron chi connectivity index (χ0n) is 16.2. The third-order valence-electron chi connectivity index (χ3n) is 4.75. The van der Waals surface area contributed by atoms with Gasteiger partial charge in [0.15, 0.2) is 0 Å². The minimum absolute atomic E-state index is 0.533. The van der Waals surface area contributed by atoms with Crippen molar-refractivity contribution in [2.45, 2.75) is 26.0 Å². The fourth-order valence-electron chi connectivity index (χ4n) is 3.23. The Morgan fingerprint density at radius 2 is 1.79 bits per heavy atom. The van der Waals surface area contributed by atoms with Crippen LogP contribution in [0.3, 0.4) is 0 Å². The molecule has 29 heavy (non-hydrogen) atoms. The first-order valence-corrected chi connectivity index (χ1v) is 10.2. The number of aromatic amines is 1. The molecule has 0 atom stereocenters. The molecule has 0 fully saturated rings. The molecule has 0 aliphatic carbocycles. The van der Waals surface area contributed by atoms with Gasteiger partial charge in [0.05, 0.1) is 11.0 Å². The normalized spacial score (nSPS) is 11.1. The maximum atomic E-state index is 5.92. The van der Waals surface area contributed by atoms with Crippen LogP contribution < -0.4 is 10.1 Å². The fraction of sp³-hybridized carbons (Fsp3) is 0.208. The van der Waals surface area contributed by atoms with E-state index < -0.39 is 0 Å². The fourth-order valence-corrected chi connectivity index (χ4v) is 3.36. The molecule has 4 aromatic rings. The lowest BCUT2D eigenvalue weighted by Gasteiger charge is -2.09. The van der Waals surface area contributed by atoms with Gasteiger partial charge in [-0.15, -0.1) is 0 Å². The molecule has 5 heteroatoms. The van der Waals surface area contributed by atoms with Crippen molar-refractivity contribution in [2.75, 3.05) is 6.54 Å². The summed E-state index contributed by atoms with van der Waals surface area (Å²) in [6, 6.07) is 24.1. The third kappa shape index (κ3) is 5.59. The number of para-hydroxylation sites is 2. The van der Waals surface area contributed by atoms with Crippen LogP contribution in [0, 0.1) is 0 Å². The van der Waals surface area contributed by atoms with Crippen LogP contribution in [0.5, 0.6) is 5.75 Å². The molecule has 0 spiro atoms. The molecule has 0 saturated heterocycles. The van der Waals surface area contributed by atoms with Gasteiger partial charge in [0, 0.05) is 18.0 Å². The zero-order chi connectivity index (χ0) is 19.9. The molecule has 148 valence electrons. The van der Waals surface area contributed by atoms with E-state index in [0.717, 1.165) is 59.1 Å². The van der Waals surface area contributed by atoms with E-state index in [2.05, 4.69) is 33.5 Å². The monoisotopic (exact) mass is 405 g/mol. The number of rotatable bonds is 9. The van der Waals surface area contributed by atoms with Crippen molar-refractivity contribution in [2.24, 2.45) is 0 Å². The highest BCUT2D eigenvalue weighted by molar-refractivity contribution is 6.30. The standard InChI is InChI=1S/C24H24ClN3O/c25-20-12-10-18(11-13-20)17-29-21-6-3-5-19(15-21)16-26-14-4-9-24-27-22-7-1-2-8-23(22)28-24/h1-3,5-8,10-13,15,26H,4,9,14,16-17H2,(H,27,28). The van der Waals surface area contributed by atoms with E-state index in [9.17, 15) is 0 Å². The Morgan fingerprint density at radius 3 is 2.66 bits per heavy atom. The average Bonchev–Trinajstić information content (AvgIpc) is 3.16. The Hall–Kier alpha value is -2.82. The van der Waals surface area contributed by atoms with Crippen LogP contribution in [0.1, 0.15) is 23.4 Å². The highest BCUT2D eigenvalue weighted by Crippen LogP contribution is 2.16. The number of hydrogen-bond acceptors (Lipinski definition) is 3. The summed E-state index contributed by atoms with van der Waals surface area (Å²) in [5.74, 6) is 1.92. The predicted octanol–water partition coefficient (Wildman–Crippen LogP) is 5.52. The number of fused-ring (bicyclic) bond motifs is 1. The lowest BCUT2D eigenvalue weighted by atomic mass is 10.2. The number of halogens is 1. The number of aromatic nitrogens is 2. The van der Waals surface area contributed by atoms with Crippen LogP contribution in [0.2, 0.25) is 5.02 Å². The van der Waals surface area contributed by atoms with Crippen molar-refractivity contribution in [3.05, 3.63) is 94.8 Å². The lowest BCUT2D eigenvalue weighted by Crippen LogP contribution is -2.15. The maximum Gasteiger partial charge on any atom is 0.120 e. The second-order valence-electron chi connectivity index (χ2n) is 7.04. The van der Waals surface area contributed by atoms with Crippen molar-refractivity contribution in [1.29, 1.82) is 0 Å². The van der Waals surface area contributed by atoms with Gasteiger partial charge in [0.2, 0.25) is 0 Å². The number of nitrogens with zero attached hydrogens (tertiary/aromatic N) is 1. The van der Waals surface area contributed by atoms with Crippen molar-refractivity contribution in [1.82, 2.24) is 15.3 Å². The van der Waals surface area contributed by atoms with Crippen LogP contribution in [0.25, 0.3) is 11.0 Å². The predicted molar refractivity (Wildman–Crippen MR) is 118 cm³/mol. The highest BCUT2D eigenvalue weighted by atomic mass is 35.5. The summed E-state index contributed by atoms with van der Waals surface area (Å²) < 4.78 is 5.90. The van der Waals surface area contributed by atoms with Gasteiger partial charge in [-0.1, -0.05) is 48.0 Å². The molecule has 1 heterocycles. The maximum absolute atomic E-state index is 5.92. The molecule has 1 aromatic heterocycles. The first-order valence-electron chi connectivity index (χ1n) is 9.87. The van der Waals surface area contributed by atoms with Crippen molar-refractivity contribution in [3.63, 3.8) is 0 Å². The third-order valence-corrected chi connectivity index (χ3v) is 5.00. The summed E-state index contributed by atoms with van der Waals surface area (Å²) >= 11 is 5.92. The smallest absolute Gasteiger partial charge is 0.120 e. The van der Waals surface area contributed by atoms with E-state index in [1.807, 2.05) is 54.6 Å².